The van der Waals surface area contributed by atoms with E-state index in [0.29, 0.717) is 13.2 Å². The largest absolute Gasteiger partial charge is 0.485 e. The molecule has 0 radical (unpaired) electrons. The van der Waals surface area contributed by atoms with Crippen LogP contribution in [0.25, 0.3) is 0 Å². The van der Waals surface area contributed by atoms with Gasteiger partial charge in [0.15, 0.2) is 11.5 Å². The fourth-order valence-corrected chi connectivity index (χ4v) is 4.49. The number of hydrogen-bond donors (Lipinski definition) is 0. The molecule has 7 heteroatoms. The number of rotatable bonds is 4. The second-order valence-corrected chi connectivity index (χ2v) is 7.27. The standard InChI is InChI=1S/C16H24N2O4S/c1-5-19-6-2-17(1)11-13-15-16(22-10-9-21-15)14(23-13)12-18-3-7-20-8-4-18/h1-12H2. The van der Waals surface area contributed by atoms with E-state index in [1.54, 1.807) is 0 Å². The Hall–Kier alpha value is -0.860. The van der Waals surface area contributed by atoms with Gasteiger partial charge in [0.25, 0.3) is 0 Å². The zero-order valence-corrected chi connectivity index (χ0v) is 14.2. The van der Waals surface area contributed by atoms with Crippen LogP contribution >= 0.6 is 11.3 Å². The van der Waals surface area contributed by atoms with Crippen molar-refractivity contribution in [2.24, 2.45) is 0 Å². The Morgan fingerprint density at radius 1 is 0.652 bits per heavy atom. The number of nitrogens with zero attached hydrogens (tertiary/aromatic N) is 2. The summed E-state index contributed by atoms with van der Waals surface area (Å²) >= 11 is 1.85. The Labute approximate surface area is 140 Å². The minimum Gasteiger partial charge on any atom is -0.485 e. The van der Waals surface area contributed by atoms with Gasteiger partial charge in [-0.1, -0.05) is 0 Å². The number of morpholine rings is 2. The van der Waals surface area contributed by atoms with Crippen LogP contribution in [-0.2, 0) is 22.6 Å². The zero-order valence-electron chi connectivity index (χ0n) is 13.4. The molecule has 2 saturated heterocycles. The molecule has 0 unspecified atom stereocenters. The van der Waals surface area contributed by atoms with Gasteiger partial charge in [-0.05, 0) is 0 Å². The molecule has 0 aromatic carbocycles. The number of fused-ring (bicyclic) bond motifs is 1. The van der Waals surface area contributed by atoms with E-state index in [2.05, 4.69) is 9.80 Å². The summed E-state index contributed by atoms with van der Waals surface area (Å²) in [5.74, 6) is 1.96. The Bertz CT molecular complexity index is 480. The lowest BCUT2D eigenvalue weighted by Crippen LogP contribution is -2.35. The van der Waals surface area contributed by atoms with Crippen LogP contribution in [0.15, 0.2) is 0 Å². The average Bonchev–Trinajstić information content (AvgIpc) is 2.95. The van der Waals surface area contributed by atoms with E-state index in [1.807, 2.05) is 11.3 Å². The molecule has 4 rings (SSSR count). The molecule has 1 aromatic rings. The van der Waals surface area contributed by atoms with E-state index >= 15 is 0 Å². The van der Waals surface area contributed by atoms with Gasteiger partial charge >= 0.3 is 0 Å². The minimum atomic E-state index is 0.650. The van der Waals surface area contributed by atoms with Crippen LogP contribution in [0.5, 0.6) is 11.5 Å². The van der Waals surface area contributed by atoms with Crippen LogP contribution in [0.3, 0.4) is 0 Å². The molecule has 0 saturated carbocycles. The first-order valence-corrected chi connectivity index (χ1v) is 9.22. The molecule has 0 bridgehead atoms. The van der Waals surface area contributed by atoms with Gasteiger partial charge in [-0.3, -0.25) is 9.80 Å². The highest BCUT2D eigenvalue weighted by molar-refractivity contribution is 7.12. The maximum Gasteiger partial charge on any atom is 0.176 e. The van der Waals surface area contributed by atoms with Crippen molar-refractivity contribution in [2.45, 2.75) is 13.1 Å². The molecule has 2 fully saturated rings. The Balaban J connectivity index is 1.51. The second-order valence-electron chi connectivity index (χ2n) is 6.08. The summed E-state index contributed by atoms with van der Waals surface area (Å²) in [5, 5.41) is 0. The fraction of sp³-hybridized carbons (Fsp3) is 0.750. The van der Waals surface area contributed by atoms with Crippen LogP contribution < -0.4 is 9.47 Å². The van der Waals surface area contributed by atoms with E-state index < -0.39 is 0 Å². The van der Waals surface area contributed by atoms with Gasteiger partial charge in [-0.15, -0.1) is 11.3 Å². The molecule has 1 aromatic heterocycles. The predicted octanol–water partition coefficient (Wildman–Crippen LogP) is 1.18. The molecule has 4 heterocycles. The van der Waals surface area contributed by atoms with Gasteiger partial charge in [-0.25, -0.2) is 0 Å². The molecule has 6 nitrogen and oxygen atoms in total. The van der Waals surface area contributed by atoms with E-state index in [1.165, 1.54) is 9.75 Å². The van der Waals surface area contributed by atoms with Crippen molar-refractivity contribution in [3.63, 3.8) is 0 Å². The van der Waals surface area contributed by atoms with Crippen LogP contribution in [0, 0.1) is 0 Å². The van der Waals surface area contributed by atoms with E-state index in [0.717, 1.165) is 77.2 Å². The Kier molecular flexibility index (Phi) is 5.01. The third-order valence-corrected chi connectivity index (χ3v) is 5.60. The first kappa shape index (κ1) is 15.7. The van der Waals surface area contributed by atoms with Crippen LogP contribution in [-0.4, -0.2) is 75.6 Å². The van der Waals surface area contributed by atoms with Crippen molar-refractivity contribution in [2.75, 3.05) is 65.8 Å². The topological polar surface area (TPSA) is 43.4 Å². The molecule has 3 aliphatic rings. The van der Waals surface area contributed by atoms with Crippen molar-refractivity contribution >= 4 is 11.3 Å². The predicted molar refractivity (Wildman–Crippen MR) is 87.5 cm³/mol. The third kappa shape index (κ3) is 3.64. The van der Waals surface area contributed by atoms with Gasteiger partial charge in [0.05, 0.1) is 36.2 Å². The number of thiophene rings is 1. The minimum absolute atomic E-state index is 0.650. The van der Waals surface area contributed by atoms with E-state index in [-0.39, 0.29) is 0 Å². The van der Waals surface area contributed by atoms with Gasteiger partial charge in [0.1, 0.15) is 13.2 Å². The summed E-state index contributed by atoms with van der Waals surface area (Å²) in [7, 11) is 0. The first-order chi connectivity index (χ1) is 11.4. The van der Waals surface area contributed by atoms with Crippen molar-refractivity contribution in [1.82, 2.24) is 9.80 Å². The van der Waals surface area contributed by atoms with E-state index in [4.69, 9.17) is 18.9 Å². The molecule has 0 amide bonds. The van der Waals surface area contributed by atoms with Crippen molar-refractivity contribution < 1.29 is 18.9 Å². The summed E-state index contributed by atoms with van der Waals surface area (Å²) in [6.07, 6.45) is 0. The Morgan fingerprint density at radius 2 is 1.09 bits per heavy atom. The molecule has 23 heavy (non-hydrogen) atoms. The second kappa shape index (κ2) is 7.36. The zero-order chi connectivity index (χ0) is 15.5. The average molecular weight is 340 g/mol. The van der Waals surface area contributed by atoms with Crippen molar-refractivity contribution in [1.29, 1.82) is 0 Å². The molecular weight excluding hydrogens is 316 g/mol. The summed E-state index contributed by atoms with van der Waals surface area (Å²) in [6, 6.07) is 0. The lowest BCUT2D eigenvalue weighted by atomic mass is 10.3. The fourth-order valence-electron chi connectivity index (χ4n) is 3.21. The summed E-state index contributed by atoms with van der Waals surface area (Å²) in [6.45, 7) is 10.4. The van der Waals surface area contributed by atoms with Crippen LogP contribution in [0.2, 0.25) is 0 Å². The molecule has 3 aliphatic heterocycles. The maximum absolute atomic E-state index is 5.95. The van der Waals surface area contributed by atoms with Gasteiger partial charge in [0, 0.05) is 39.3 Å². The number of hydrogen-bond acceptors (Lipinski definition) is 7. The molecule has 0 spiro atoms. The summed E-state index contributed by atoms with van der Waals surface area (Å²) in [5.41, 5.74) is 0. The summed E-state index contributed by atoms with van der Waals surface area (Å²) in [4.78, 5) is 7.47. The monoisotopic (exact) mass is 340 g/mol. The third-order valence-electron chi connectivity index (χ3n) is 4.48. The lowest BCUT2D eigenvalue weighted by molar-refractivity contribution is 0.0337. The van der Waals surface area contributed by atoms with Crippen LogP contribution in [0.4, 0.5) is 0 Å². The normalized spacial score (nSPS) is 23.1. The molecule has 0 atom stereocenters. The van der Waals surface area contributed by atoms with Crippen molar-refractivity contribution in [3.05, 3.63) is 9.75 Å². The molecule has 0 N–H and O–H groups in total. The summed E-state index contributed by atoms with van der Waals surface area (Å²) < 4.78 is 22.8. The number of ether oxygens (including phenoxy) is 4. The van der Waals surface area contributed by atoms with Gasteiger partial charge < -0.3 is 18.9 Å². The molecular formula is C16H24N2O4S. The maximum atomic E-state index is 5.95. The molecule has 128 valence electrons. The molecule has 0 aliphatic carbocycles. The SMILES string of the molecule is C1CN(Cc2sc(CN3CCOCC3)c3c2OCCO3)CCO1. The highest BCUT2D eigenvalue weighted by atomic mass is 32.1. The highest BCUT2D eigenvalue weighted by Crippen LogP contribution is 2.45. The highest BCUT2D eigenvalue weighted by Gasteiger charge is 2.27. The van der Waals surface area contributed by atoms with Crippen LogP contribution in [0.1, 0.15) is 9.75 Å². The van der Waals surface area contributed by atoms with Gasteiger partial charge in [0.2, 0.25) is 0 Å². The first-order valence-electron chi connectivity index (χ1n) is 8.40. The quantitative estimate of drug-likeness (QED) is 0.820. The Morgan fingerprint density at radius 3 is 1.52 bits per heavy atom. The smallest absolute Gasteiger partial charge is 0.176 e. The van der Waals surface area contributed by atoms with Crippen molar-refractivity contribution in [3.8, 4) is 11.5 Å². The lowest BCUT2D eigenvalue weighted by Gasteiger charge is -2.27. The van der Waals surface area contributed by atoms with E-state index in [9.17, 15) is 0 Å². The van der Waals surface area contributed by atoms with Gasteiger partial charge in [-0.2, -0.15) is 0 Å².